The first-order valence-corrected chi connectivity index (χ1v) is 9.15. The van der Waals surface area contributed by atoms with Crippen molar-refractivity contribution < 1.29 is 14.0 Å². The van der Waals surface area contributed by atoms with Gasteiger partial charge in [0, 0.05) is 33.1 Å². The molecule has 1 saturated heterocycles. The van der Waals surface area contributed by atoms with Crippen LogP contribution in [0.25, 0.3) is 17.3 Å². The first-order chi connectivity index (χ1) is 13.5. The van der Waals surface area contributed by atoms with Crippen LogP contribution in [0.1, 0.15) is 23.1 Å². The molecule has 3 heterocycles. The summed E-state index contributed by atoms with van der Waals surface area (Å²) in [7, 11) is 0. The SMILES string of the molecule is CC(=O)N1CCN(C(=O)c2nc(-c3ccco3)n(-c3cccc(C)c3)n2)CC1. The number of aryl methyl sites for hydroxylation is 1. The molecule has 2 amide bonds. The lowest BCUT2D eigenvalue weighted by atomic mass is 10.2. The van der Waals surface area contributed by atoms with Gasteiger partial charge in [0.1, 0.15) is 0 Å². The Kier molecular flexibility index (Phi) is 4.68. The normalized spacial score (nSPS) is 14.4. The maximum atomic E-state index is 13.0. The zero-order chi connectivity index (χ0) is 19.7. The van der Waals surface area contributed by atoms with E-state index in [0.29, 0.717) is 37.8 Å². The minimum Gasteiger partial charge on any atom is -0.461 e. The molecule has 1 fully saturated rings. The predicted molar refractivity (Wildman–Crippen MR) is 102 cm³/mol. The third kappa shape index (κ3) is 3.40. The summed E-state index contributed by atoms with van der Waals surface area (Å²) in [4.78, 5) is 32.3. The molecule has 0 spiro atoms. The topological polar surface area (TPSA) is 84.5 Å². The molecule has 0 aliphatic carbocycles. The number of furan rings is 1. The molecule has 0 atom stereocenters. The monoisotopic (exact) mass is 379 g/mol. The van der Waals surface area contributed by atoms with Crippen LogP contribution in [-0.2, 0) is 4.79 Å². The summed E-state index contributed by atoms with van der Waals surface area (Å²) in [6.07, 6.45) is 1.56. The quantitative estimate of drug-likeness (QED) is 0.696. The fourth-order valence-electron chi connectivity index (χ4n) is 3.27. The number of hydrogen-bond donors (Lipinski definition) is 0. The van der Waals surface area contributed by atoms with Gasteiger partial charge in [-0.3, -0.25) is 9.59 Å². The predicted octanol–water partition coefficient (Wildman–Crippen LogP) is 2.14. The number of benzene rings is 1. The van der Waals surface area contributed by atoms with Crippen molar-refractivity contribution in [2.75, 3.05) is 26.2 Å². The Morgan fingerprint density at radius 3 is 2.43 bits per heavy atom. The summed E-state index contributed by atoms with van der Waals surface area (Å²) in [5.41, 5.74) is 1.88. The lowest BCUT2D eigenvalue weighted by Crippen LogP contribution is -2.50. The van der Waals surface area contributed by atoms with Crippen molar-refractivity contribution in [2.24, 2.45) is 0 Å². The number of carbonyl (C=O) groups is 2. The van der Waals surface area contributed by atoms with E-state index in [1.807, 2.05) is 31.2 Å². The Hall–Kier alpha value is -3.42. The van der Waals surface area contributed by atoms with Crippen LogP contribution in [-0.4, -0.2) is 62.6 Å². The molecule has 0 unspecified atom stereocenters. The highest BCUT2D eigenvalue weighted by Crippen LogP contribution is 2.23. The van der Waals surface area contributed by atoms with Crippen LogP contribution in [0.2, 0.25) is 0 Å². The third-order valence-electron chi connectivity index (χ3n) is 4.80. The summed E-state index contributed by atoms with van der Waals surface area (Å²) in [5, 5.41) is 4.48. The van der Waals surface area contributed by atoms with E-state index in [-0.39, 0.29) is 17.6 Å². The van der Waals surface area contributed by atoms with Crippen LogP contribution in [0.15, 0.2) is 47.1 Å². The Balaban J connectivity index is 1.66. The Labute approximate surface area is 162 Å². The first kappa shape index (κ1) is 18.0. The van der Waals surface area contributed by atoms with Gasteiger partial charge >= 0.3 is 0 Å². The van der Waals surface area contributed by atoms with E-state index in [1.54, 1.807) is 32.9 Å². The second-order valence-corrected chi connectivity index (χ2v) is 6.79. The van der Waals surface area contributed by atoms with Crippen molar-refractivity contribution in [3.05, 3.63) is 54.0 Å². The molecule has 4 rings (SSSR count). The Morgan fingerprint density at radius 2 is 1.79 bits per heavy atom. The number of amides is 2. The minimum absolute atomic E-state index is 0.0223. The Morgan fingerprint density at radius 1 is 1.04 bits per heavy atom. The van der Waals surface area contributed by atoms with Crippen LogP contribution in [0, 0.1) is 6.92 Å². The van der Waals surface area contributed by atoms with E-state index in [4.69, 9.17) is 4.42 Å². The number of rotatable bonds is 3. The average molecular weight is 379 g/mol. The lowest BCUT2D eigenvalue weighted by Gasteiger charge is -2.33. The summed E-state index contributed by atoms with van der Waals surface area (Å²) in [6.45, 7) is 5.50. The molecule has 3 aromatic rings. The van der Waals surface area contributed by atoms with Gasteiger partial charge in [-0.05, 0) is 36.8 Å². The standard InChI is InChI=1S/C20H21N5O3/c1-14-5-3-6-16(13-14)25-19(17-7-4-12-28-17)21-18(22-25)20(27)24-10-8-23(9-11-24)15(2)26/h3-7,12-13H,8-11H2,1-2H3. The molecule has 8 heteroatoms. The molecule has 0 saturated carbocycles. The molecule has 28 heavy (non-hydrogen) atoms. The van der Waals surface area contributed by atoms with Crippen molar-refractivity contribution in [3.63, 3.8) is 0 Å². The van der Waals surface area contributed by atoms with E-state index < -0.39 is 0 Å². The highest BCUT2D eigenvalue weighted by Gasteiger charge is 2.27. The van der Waals surface area contributed by atoms with Gasteiger partial charge < -0.3 is 14.2 Å². The van der Waals surface area contributed by atoms with Crippen LogP contribution >= 0.6 is 0 Å². The second kappa shape index (κ2) is 7.30. The van der Waals surface area contributed by atoms with E-state index in [9.17, 15) is 9.59 Å². The number of aromatic nitrogens is 3. The van der Waals surface area contributed by atoms with Crippen LogP contribution < -0.4 is 0 Å². The molecule has 1 aliphatic heterocycles. The van der Waals surface area contributed by atoms with Gasteiger partial charge in [0.25, 0.3) is 5.91 Å². The van der Waals surface area contributed by atoms with Crippen molar-refractivity contribution in [1.82, 2.24) is 24.6 Å². The van der Waals surface area contributed by atoms with Gasteiger partial charge in [-0.2, -0.15) is 4.98 Å². The van der Waals surface area contributed by atoms with Crippen molar-refractivity contribution in [2.45, 2.75) is 13.8 Å². The Bertz CT molecular complexity index is 1000. The molecule has 144 valence electrons. The molecule has 2 aromatic heterocycles. The molecule has 1 aliphatic rings. The van der Waals surface area contributed by atoms with Crippen LogP contribution in [0.4, 0.5) is 0 Å². The fourth-order valence-corrected chi connectivity index (χ4v) is 3.27. The van der Waals surface area contributed by atoms with Crippen molar-refractivity contribution >= 4 is 11.8 Å². The maximum absolute atomic E-state index is 13.0. The molecule has 0 N–H and O–H groups in total. The number of nitrogens with zero attached hydrogens (tertiary/aromatic N) is 5. The van der Waals surface area contributed by atoms with Crippen LogP contribution in [0.3, 0.4) is 0 Å². The summed E-state index contributed by atoms with van der Waals surface area (Å²) in [5.74, 6) is 0.899. The smallest absolute Gasteiger partial charge is 0.293 e. The van der Waals surface area contributed by atoms with Crippen molar-refractivity contribution in [3.8, 4) is 17.3 Å². The fraction of sp³-hybridized carbons (Fsp3) is 0.300. The van der Waals surface area contributed by atoms with Gasteiger partial charge in [-0.25, -0.2) is 4.68 Å². The summed E-state index contributed by atoms with van der Waals surface area (Å²) >= 11 is 0. The van der Waals surface area contributed by atoms with E-state index in [0.717, 1.165) is 11.3 Å². The maximum Gasteiger partial charge on any atom is 0.293 e. The van der Waals surface area contributed by atoms with Gasteiger partial charge in [0.2, 0.25) is 11.7 Å². The zero-order valence-corrected chi connectivity index (χ0v) is 15.8. The second-order valence-electron chi connectivity index (χ2n) is 6.79. The molecule has 0 radical (unpaired) electrons. The largest absolute Gasteiger partial charge is 0.461 e. The number of hydrogen-bond acceptors (Lipinski definition) is 5. The molecule has 1 aromatic carbocycles. The van der Waals surface area contributed by atoms with Gasteiger partial charge in [-0.15, -0.1) is 5.10 Å². The molecule has 8 nitrogen and oxygen atoms in total. The number of carbonyl (C=O) groups excluding carboxylic acids is 2. The zero-order valence-electron chi connectivity index (χ0n) is 15.8. The summed E-state index contributed by atoms with van der Waals surface area (Å²) in [6, 6.07) is 11.4. The van der Waals surface area contributed by atoms with E-state index in [2.05, 4.69) is 10.1 Å². The van der Waals surface area contributed by atoms with Gasteiger partial charge in [0.05, 0.1) is 12.0 Å². The minimum atomic E-state index is -0.248. The van der Waals surface area contributed by atoms with Gasteiger partial charge in [0.15, 0.2) is 11.6 Å². The lowest BCUT2D eigenvalue weighted by molar-refractivity contribution is -0.130. The average Bonchev–Trinajstić information content (AvgIpc) is 3.37. The van der Waals surface area contributed by atoms with Gasteiger partial charge in [-0.1, -0.05) is 12.1 Å². The van der Waals surface area contributed by atoms with Crippen molar-refractivity contribution in [1.29, 1.82) is 0 Å². The molecular formula is C20H21N5O3. The highest BCUT2D eigenvalue weighted by atomic mass is 16.3. The van der Waals surface area contributed by atoms with E-state index >= 15 is 0 Å². The first-order valence-electron chi connectivity index (χ1n) is 9.15. The summed E-state index contributed by atoms with van der Waals surface area (Å²) < 4.78 is 7.13. The number of piperazine rings is 1. The molecular weight excluding hydrogens is 358 g/mol. The molecule has 0 bridgehead atoms. The van der Waals surface area contributed by atoms with E-state index in [1.165, 1.54) is 6.92 Å². The highest BCUT2D eigenvalue weighted by molar-refractivity contribution is 5.91. The third-order valence-corrected chi connectivity index (χ3v) is 4.80. The van der Waals surface area contributed by atoms with Crippen LogP contribution in [0.5, 0.6) is 0 Å².